The van der Waals surface area contributed by atoms with Gasteiger partial charge in [0.05, 0.1) is 29.1 Å². The summed E-state index contributed by atoms with van der Waals surface area (Å²) in [7, 11) is 0. The van der Waals surface area contributed by atoms with Gasteiger partial charge in [0, 0.05) is 18.8 Å². The minimum Gasteiger partial charge on any atom is -0.381 e. The van der Waals surface area contributed by atoms with E-state index in [0.29, 0.717) is 5.92 Å². The highest BCUT2D eigenvalue weighted by atomic mass is 16.5. The minimum atomic E-state index is 0.215. The summed E-state index contributed by atoms with van der Waals surface area (Å²) in [6.07, 6.45) is 4.08. The molecule has 0 amide bonds. The Morgan fingerprint density at radius 3 is 2.61 bits per heavy atom. The molecule has 7 heteroatoms. The smallest absolute Gasteiger partial charge is 0.178 e. The average Bonchev–Trinajstić information content (AvgIpc) is 3.43. The van der Waals surface area contributed by atoms with E-state index in [4.69, 9.17) is 14.8 Å². The normalized spacial score (nSPS) is 15.9. The summed E-state index contributed by atoms with van der Waals surface area (Å²) in [5.41, 5.74) is 7.26. The van der Waals surface area contributed by atoms with Crippen molar-refractivity contribution in [3.05, 3.63) is 77.9 Å². The summed E-state index contributed by atoms with van der Waals surface area (Å²) in [5, 5.41) is 13.2. The first kappa shape index (κ1) is 20.1. The standard InChI is InChI=1S/C26H26N6O/c1-17-14-24-29-28-18(2)32(24)30-25(17)21-8-9-22-23(15-21)31(16-27-22)26(19-6-4-3-5-7-19)20-10-12-33-13-11-20/h3-9,14-16,20,26H,10-13H2,1-2H3/t26-/m1/s1. The van der Waals surface area contributed by atoms with E-state index in [1.807, 2.05) is 19.3 Å². The number of aryl methyl sites for hydroxylation is 2. The van der Waals surface area contributed by atoms with Gasteiger partial charge in [0.15, 0.2) is 11.5 Å². The molecule has 7 nitrogen and oxygen atoms in total. The van der Waals surface area contributed by atoms with Crippen molar-refractivity contribution in [2.24, 2.45) is 5.92 Å². The molecule has 0 bridgehead atoms. The average molecular weight is 439 g/mol. The Balaban J connectivity index is 1.50. The van der Waals surface area contributed by atoms with Crippen molar-refractivity contribution < 1.29 is 4.74 Å². The van der Waals surface area contributed by atoms with Crippen LogP contribution >= 0.6 is 0 Å². The fourth-order valence-electron chi connectivity index (χ4n) is 5.05. The molecule has 0 radical (unpaired) electrons. The number of fused-ring (bicyclic) bond motifs is 2. The Bertz CT molecular complexity index is 1430. The number of rotatable bonds is 4. The minimum absolute atomic E-state index is 0.215. The predicted molar refractivity (Wildman–Crippen MR) is 127 cm³/mol. The zero-order valence-corrected chi connectivity index (χ0v) is 18.8. The van der Waals surface area contributed by atoms with E-state index < -0.39 is 0 Å². The third kappa shape index (κ3) is 3.49. The summed E-state index contributed by atoms with van der Waals surface area (Å²) in [4.78, 5) is 4.76. The van der Waals surface area contributed by atoms with Gasteiger partial charge in [0.2, 0.25) is 0 Å². The largest absolute Gasteiger partial charge is 0.381 e. The van der Waals surface area contributed by atoms with Crippen LogP contribution in [-0.4, -0.2) is 42.6 Å². The van der Waals surface area contributed by atoms with Crippen LogP contribution in [0.5, 0.6) is 0 Å². The predicted octanol–water partition coefficient (Wildman–Crippen LogP) is 4.77. The maximum atomic E-state index is 5.67. The van der Waals surface area contributed by atoms with Gasteiger partial charge in [-0.3, -0.25) is 0 Å². The van der Waals surface area contributed by atoms with E-state index >= 15 is 0 Å². The summed E-state index contributed by atoms with van der Waals surface area (Å²) < 4.78 is 9.83. The molecule has 166 valence electrons. The van der Waals surface area contributed by atoms with E-state index in [2.05, 4.69) is 70.2 Å². The molecule has 0 aliphatic carbocycles. The van der Waals surface area contributed by atoms with E-state index in [0.717, 1.165) is 65.4 Å². The molecule has 6 rings (SSSR count). The van der Waals surface area contributed by atoms with Gasteiger partial charge in [0.25, 0.3) is 0 Å². The first-order valence-electron chi connectivity index (χ1n) is 11.5. The third-order valence-corrected chi connectivity index (χ3v) is 6.74. The molecule has 1 saturated heterocycles. The van der Waals surface area contributed by atoms with Crippen LogP contribution in [0.4, 0.5) is 0 Å². The second kappa shape index (κ2) is 8.08. The van der Waals surface area contributed by atoms with Crippen molar-refractivity contribution in [2.75, 3.05) is 13.2 Å². The lowest BCUT2D eigenvalue weighted by Crippen LogP contribution is -2.26. The number of hydrogen-bond acceptors (Lipinski definition) is 5. The van der Waals surface area contributed by atoms with Crippen molar-refractivity contribution in [2.45, 2.75) is 32.7 Å². The highest BCUT2D eigenvalue weighted by molar-refractivity contribution is 5.82. The summed E-state index contributed by atoms with van der Waals surface area (Å²) in [6, 6.07) is 19.4. The molecule has 1 fully saturated rings. The van der Waals surface area contributed by atoms with Crippen LogP contribution < -0.4 is 0 Å². The van der Waals surface area contributed by atoms with Crippen molar-refractivity contribution in [1.29, 1.82) is 0 Å². The molecule has 33 heavy (non-hydrogen) atoms. The van der Waals surface area contributed by atoms with E-state index in [-0.39, 0.29) is 6.04 Å². The zero-order valence-electron chi connectivity index (χ0n) is 18.8. The Hall–Kier alpha value is -3.58. The first-order valence-corrected chi connectivity index (χ1v) is 11.5. The second-order valence-electron chi connectivity index (χ2n) is 8.85. The van der Waals surface area contributed by atoms with Crippen LogP contribution in [0.3, 0.4) is 0 Å². The van der Waals surface area contributed by atoms with Gasteiger partial charge < -0.3 is 9.30 Å². The quantitative estimate of drug-likeness (QED) is 0.404. The highest BCUT2D eigenvalue weighted by Crippen LogP contribution is 2.36. The molecule has 5 aromatic rings. The van der Waals surface area contributed by atoms with Gasteiger partial charge in [-0.1, -0.05) is 36.4 Å². The number of benzene rings is 2. The molecule has 0 N–H and O–H groups in total. The van der Waals surface area contributed by atoms with Crippen LogP contribution in [0.15, 0.2) is 60.9 Å². The lowest BCUT2D eigenvalue weighted by Gasteiger charge is -2.32. The van der Waals surface area contributed by atoms with Crippen LogP contribution in [0.25, 0.3) is 27.9 Å². The van der Waals surface area contributed by atoms with Crippen LogP contribution in [0, 0.1) is 19.8 Å². The van der Waals surface area contributed by atoms with Crippen molar-refractivity contribution in [1.82, 2.24) is 29.4 Å². The number of ether oxygens (including phenoxy) is 1. The lowest BCUT2D eigenvalue weighted by molar-refractivity contribution is 0.0547. The maximum absolute atomic E-state index is 5.67. The number of hydrogen-bond donors (Lipinski definition) is 0. The molecule has 4 heterocycles. The molecule has 0 spiro atoms. The van der Waals surface area contributed by atoms with Crippen LogP contribution in [0.2, 0.25) is 0 Å². The topological polar surface area (TPSA) is 70.1 Å². The number of aromatic nitrogens is 6. The van der Waals surface area contributed by atoms with Gasteiger partial charge in [-0.25, -0.2) is 4.98 Å². The molecular weight excluding hydrogens is 412 g/mol. The SMILES string of the molecule is Cc1cc2nnc(C)n2nc1-c1ccc2ncn([C@H](c3ccccc3)C3CCOCC3)c2c1. The highest BCUT2D eigenvalue weighted by Gasteiger charge is 2.28. The molecule has 1 atom stereocenters. The van der Waals surface area contributed by atoms with Crippen LogP contribution in [-0.2, 0) is 4.74 Å². The molecule has 0 unspecified atom stereocenters. The van der Waals surface area contributed by atoms with Gasteiger partial charge in [-0.2, -0.15) is 9.61 Å². The summed E-state index contributed by atoms with van der Waals surface area (Å²) in [6.45, 7) is 5.62. The monoisotopic (exact) mass is 438 g/mol. The Morgan fingerprint density at radius 2 is 1.79 bits per heavy atom. The fourth-order valence-corrected chi connectivity index (χ4v) is 5.05. The van der Waals surface area contributed by atoms with Gasteiger partial charge in [-0.05, 0) is 61.9 Å². The maximum Gasteiger partial charge on any atom is 0.178 e. The molecule has 1 aliphatic heterocycles. The summed E-state index contributed by atoms with van der Waals surface area (Å²) in [5.74, 6) is 1.28. The molecular formula is C26H26N6O. The number of imidazole rings is 1. The van der Waals surface area contributed by atoms with Gasteiger partial charge in [-0.15, -0.1) is 10.2 Å². The van der Waals surface area contributed by atoms with Crippen molar-refractivity contribution in [3.8, 4) is 11.3 Å². The van der Waals surface area contributed by atoms with Crippen LogP contribution in [0.1, 0.15) is 35.8 Å². The molecule has 2 aromatic carbocycles. The summed E-state index contributed by atoms with van der Waals surface area (Å²) >= 11 is 0. The molecule has 0 saturated carbocycles. The second-order valence-corrected chi connectivity index (χ2v) is 8.85. The Labute approximate surface area is 192 Å². The van der Waals surface area contributed by atoms with E-state index in [1.165, 1.54) is 5.56 Å². The third-order valence-electron chi connectivity index (χ3n) is 6.74. The van der Waals surface area contributed by atoms with Gasteiger partial charge >= 0.3 is 0 Å². The zero-order chi connectivity index (χ0) is 22.4. The molecule has 3 aromatic heterocycles. The first-order chi connectivity index (χ1) is 16.2. The van der Waals surface area contributed by atoms with Crippen molar-refractivity contribution in [3.63, 3.8) is 0 Å². The van der Waals surface area contributed by atoms with E-state index in [9.17, 15) is 0 Å². The number of nitrogens with zero attached hydrogens (tertiary/aromatic N) is 6. The fraction of sp³-hybridized carbons (Fsp3) is 0.308. The van der Waals surface area contributed by atoms with Crippen molar-refractivity contribution >= 4 is 16.7 Å². The Kier molecular flexibility index (Phi) is 4.91. The molecule has 1 aliphatic rings. The lowest BCUT2D eigenvalue weighted by atomic mass is 9.86. The Morgan fingerprint density at radius 1 is 0.970 bits per heavy atom. The van der Waals surface area contributed by atoms with E-state index in [1.54, 1.807) is 4.52 Å². The van der Waals surface area contributed by atoms with Gasteiger partial charge in [0.1, 0.15) is 0 Å².